The molecule has 0 saturated carbocycles. The lowest BCUT2D eigenvalue weighted by Crippen LogP contribution is -2.30. The number of H-pyrrole nitrogens is 1. The fraction of sp³-hybridized carbons (Fsp3) is 0.385. The summed E-state index contributed by atoms with van der Waals surface area (Å²) in [6, 6.07) is 5.13. The van der Waals surface area contributed by atoms with Crippen molar-refractivity contribution in [2.45, 2.75) is 46.6 Å². The van der Waals surface area contributed by atoms with Gasteiger partial charge in [0.25, 0.3) is 0 Å². The number of aromatic amines is 1. The molecule has 2 heterocycles. The lowest BCUT2D eigenvalue weighted by Gasteiger charge is -2.27. The monoisotopic (exact) mass is 471 g/mol. The normalized spacial score (nSPS) is 18.2. The fourth-order valence-electron chi connectivity index (χ4n) is 3.92. The van der Waals surface area contributed by atoms with E-state index >= 15 is 0 Å². The molecule has 5 nitrogen and oxygen atoms in total. The highest BCUT2D eigenvalue weighted by Crippen LogP contribution is 2.34. The molecule has 33 heavy (non-hydrogen) atoms. The van der Waals surface area contributed by atoms with Crippen molar-refractivity contribution in [3.63, 3.8) is 0 Å². The molecule has 0 amide bonds. The van der Waals surface area contributed by atoms with Gasteiger partial charge in [0.2, 0.25) is 5.95 Å². The molecule has 0 bridgehead atoms. The predicted octanol–water partition coefficient (Wildman–Crippen LogP) is 6.11. The molecule has 1 aromatic heterocycles. The van der Waals surface area contributed by atoms with Crippen LogP contribution in [0.15, 0.2) is 60.0 Å². The first-order chi connectivity index (χ1) is 15.8. The maximum Gasteiger partial charge on any atom is 0.214 e. The Morgan fingerprint density at radius 1 is 1.42 bits per heavy atom. The van der Waals surface area contributed by atoms with Gasteiger partial charge in [0.05, 0.1) is 24.8 Å². The molecule has 3 unspecified atom stereocenters. The van der Waals surface area contributed by atoms with E-state index in [0.29, 0.717) is 29.2 Å². The van der Waals surface area contributed by atoms with E-state index in [-0.39, 0.29) is 23.7 Å². The topological polar surface area (TPSA) is 67.0 Å². The Hall–Kier alpha value is -2.86. The van der Waals surface area contributed by atoms with Crippen LogP contribution in [0, 0.1) is 17.8 Å². The lowest BCUT2D eigenvalue weighted by molar-refractivity contribution is -0.120. The van der Waals surface area contributed by atoms with Crippen LogP contribution in [0.25, 0.3) is 0 Å². The molecule has 1 aromatic carbocycles. The summed E-state index contributed by atoms with van der Waals surface area (Å²) >= 11 is 6.15. The van der Waals surface area contributed by atoms with Gasteiger partial charge in [-0.1, -0.05) is 38.1 Å². The molecule has 7 heteroatoms. The number of rotatable bonds is 9. The fourth-order valence-corrected chi connectivity index (χ4v) is 4.11. The van der Waals surface area contributed by atoms with Gasteiger partial charge in [-0.2, -0.15) is 9.49 Å². The van der Waals surface area contributed by atoms with Crippen molar-refractivity contribution in [1.29, 1.82) is 0 Å². The Morgan fingerprint density at radius 3 is 2.82 bits per heavy atom. The molecule has 3 rings (SSSR count). The van der Waals surface area contributed by atoms with E-state index in [0.717, 1.165) is 28.9 Å². The number of fused-ring (bicyclic) bond motifs is 1. The average molecular weight is 472 g/mol. The predicted molar refractivity (Wildman–Crippen MR) is 130 cm³/mol. The first-order valence-corrected chi connectivity index (χ1v) is 11.6. The first kappa shape index (κ1) is 24.8. The molecule has 1 aliphatic heterocycles. The van der Waals surface area contributed by atoms with Gasteiger partial charge >= 0.3 is 0 Å². The molecule has 2 N–H and O–H groups in total. The third-order valence-electron chi connectivity index (χ3n) is 6.26. The van der Waals surface area contributed by atoms with Crippen molar-refractivity contribution in [2.75, 3.05) is 6.61 Å². The van der Waals surface area contributed by atoms with Crippen LogP contribution >= 0.6 is 11.6 Å². The summed E-state index contributed by atoms with van der Waals surface area (Å²) in [4.78, 5) is 13.6. The number of halogens is 2. The number of nitrogens with one attached hydrogen (secondary N) is 2. The number of carbonyl (C=O) groups is 1. The van der Waals surface area contributed by atoms with E-state index in [9.17, 15) is 9.18 Å². The van der Waals surface area contributed by atoms with E-state index in [1.54, 1.807) is 12.3 Å². The second-order valence-electron chi connectivity index (χ2n) is 8.45. The molecule has 0 spiro atoms. The van der Waals surface area contributed by atoms with E-state index in [2.05, 4.69) is 35.9 Å². The first-order valence-electron chi connectivity index (χ1n) is 11.2. The lowest BCUT2D eigenvalue weighted by atomic mass is 9.82. The van der Waals surface area contributed by atoms with Gasteiger partial charge < -0.3 is 10.1 Å². The summed E-state index contributed by atoms with van der Waals surface area (Å²) in [5.74, 6) is 0.110. The number of aromatic nitrogens is 2. The minimum absolute atomic E-state index is 0.0113. The van der Waals surface area contributed by atoms with Crippen LogP contribution in [0.4, 0.5) is 4.39 Å². The Kier molecular flexibility index (Phi) is 8.14. The number of nitrogens with zero attached hydrogens (tertiary/aromatic N) is 1. The summed E-state index contributed by atoms with van der Waals surface area (Å²) in [6.45, 7) is 12.4. The van der Waals surface area contributed by atoms with Gasteiger partial charge in [0, 0.05) is 27.9 Å². The highest BCUT2D eigenvalue weighted by atomic mass is 35.5. The van der Waals surface area contributed by atoms with Crippen LogP contribution in [-0.2, 0) is 11.2 Å². The second-order valence-corrected chi connectivity index (χ2v) is 8.89. The number of Topliss-reactive ketones (excluding diaryl/α,β-unsaturated/α-hetero) is 1. The molecule has 176 valence electrons. The van der Waals surface area contributed by atoms with Crippen molar-refractivity contribution >= 4 is 17.4 Å². The van der Waals surface area contributed by atoms with Crippen molar-refractivity contribution in [3.8, 4) is 5.75 Å². The van der Waals surface area contributed by atoms with Crippen LogP contribution in [0.5, 0.6) is 5.75 Å². The highest BCUT2D eigenvalue weighted by molar-refractivity contribution is 6.30. The van der Waals surface area contributed by atoms with Gasteiger partial charge in [0.15, 0.2) is 5.78 Å². The van der Waals surface area contributed by atoms with Gasteiger partial charge in [-0.25, -0.2) is 0 Å². The molecular formula is C26H31ClFN3O2. The minimum Gasteiger partial charge on any atom is -0.493 e. The van der Waals surface area contributed by atoms with Crippen LogP contribution in [0.3, 0.4) is 0 Å². The number of carbonyl (C=O) groups excluding carboxylic acids is 1. The molecule has 0 aliphatic carbocycles. The zero-order chi connectivity index (χ0) is 24.1. The highest BCUT2D eigenvalue weighted by Gasteiger charge is 2.30. The smallest absolute Gasteiger partial charge is 0.214 e. The Bertz CT molecular complexity index is 1090. The quantitative estimate of drug-likeness (QED) is 0.342. The van der Waals surface area contributed by atoms with Gasteiger partial charge in [-0.15, -0.1) is 0 Å². The SMILES string of the molecule is C=C(C(=C\NC(C)c1cn[nH]c1F)/C(=C\C)C(=O)C1COc2ccc(Cl)cc2C1)C(C)CC. The number of allylic oxidation sites excluding steroid dienone is 4. The Morgan fingerprint density at radius 2 is 2.18 bits per heavy atom. The van der Waals surface area contributed by atoms with Crippen LogP contribution in [-0.4, -0.2) is 22.6 Å². The molecule has 0 fully saturated rings. The molecule has 0 radical (unpaired) electrons. The third kappa shape index (κ3) is 5.56. The molecular weight excluding hydrogens is 441 g/mol. The number of ketones is 1. The van der Waals surface area contributed by atoms with E-state index in [1.165, 1.54) is 6.20 Å². The van der Waals surface area contributed by atoms with E-state index in [4.69, 9.17) is 16.3 Å². The standard InChI is InChI=1S/C26H31ClFN3O2/c1-6-15(3)16(4)22(12-29-17(5)23-13-30-31-26(23)28)21(7-2)25(32)19-10-18-11-20(27)8-9-24(18)33-14-19/h7-9,11-13,15,17,19,29H,4,6,10,14H2,1-3,5H3,(H,30,31)/b21-7+,22-12+. The summed E-state index contributed by atoms with van der Waals surface area (Å²) in [5, 5.41) is 9.89. The molecule has 2 aromatic rings. The average Bonchev–Trinajstić information content (AvgIpc) is 3.25. The van der Waals surface area contributed by atoms with Crippen LogP contribution in [0.2, 0.25) is 5.02 Å². The minimum atomic E-state index is -0.482. The van der Waals surface area contributed by atoms with Crippen LogP contribution < -0.4 is 10.1 Å². The van der Waals surface area contributed by atoms with Crippen molar-refractivity contribution in [2.24, 2.45) is 11.8 Å². The zero-order valence-corrected chi connectivity index (χ0v) is 20.3. The number of ether oxygens (including phenoxy) is 1. The van der Waals surface area contributed by atoms with Gasteiger partial charge in [0.1, 0.15) is 5.75 Å². The summed E-state index contributed by atoms with van der Waals surface area (Å²) in [7, 11) is 0. The molecule has 1 aliphatic rings. The summed E-state index contributed by atoms with van der Waals surface area (Å²) < 4.78 is 19.8. The zero-order valence-electron chi connectivity index (χ0n) is 19.5. The summed E-state index contributed by atoms with van der Waals surface area (Å²) in [5.41, 5.74) is 3.50. The maximum absolute atomic E-state index is 13.9. The summed E-state index contributed by atoms with van der Waals surface area (Å²) in [6.07, 6.45) is 6.48. The van der Waals surface area contributed by atoms with Gasteiger partial charge in [-0.3, -0.25) is 9.89 Å². The van der Waals surface area contributed by atoms with E-state index < -0.39 is 5.95 Å². The van der Waals surface area contributed by atoms with Crippen molar-refractivity contribution < 1.29 is 13.9 Å². The third-order valence-corrected chi connectivity index (χ3v) is 6.50. The Labute approximate surface area is 199 Å². The largest absolute Gasteiger partial charge is 0.493 e. The Balaban J connectivity index is 1.88. The molecule has 3 atom stereocenters. The number of hydrogen-bond donors (Lipinski definition) is 2. The maximum atomic E-state index is 13.9. The van der Waals surface area contributed by atoms with Gasteiger partial charge in [-0.05, 0) is 61.9 Å². The van der Waals surface area contributed by atoms with Crippen LogP contribution in [0.1, 0.15) is 51.3 Å². The number of benzene rings is 1. The van der Waals surface area contributed by atoms with Crippen molar-refractivity contribution in [3.05, 3.63) is 82.1 Å². The molecule has 0 saturated heterocycles. The van der Waals surface area contributed by atoms with Crippen molar-refractivity contribution in [1.82, 2.24) is 15.5 Å². The second kappa shape index (κ2) is 10.8. The number of hydrogen-bond acceptors (Lipinski definition) is 4. The van der Waals surface area contributed by atoms with E-state index in [1.807, 2.05) is 32.1 Å².